The summed E-state index contributed by atoms with van der Waals surface area (Å²) in [5.41, 5.74) is 3.61. The number of carboxylic acids is 1. The molecule has 1 atom stereocenters. The summed E-state index contributed by atoms with van der Waals surface area (Å²) in [7, 11) is 0. The smallest absolute Gasteiger partial charge is 0.0912 e. The lowest BCUT2D eigenvalue weighted by molar-refractivity contribution is -0.307. The zero-order valence-electron chi connectivity index (χ0n) is 11.3. The van der Waals surface area contributed by atoms with Crippen molar-refractivity contribution in [2.24, 2.45) is 0 Å². The van der Waals surface area contributed by atoms with Gasteiger partial charge in [0, 0.05) is 10.7 Å². The third-order valence-corrected chi connectivity index (χ3v) is 3.51. The van der Waals surface area contributed by atoms with Crippen LogP contribution >= 0.6 is 11.6 Å². The van der Waals surface area contributed by atoms with E-state index in [9.17, 15) is 9.90 Å². The maximum atomic E-state index is 11.3. The molecule has 0 aliphatic heterocycles. The van der Waals surface area contributed by atoms with Crippen LogP contribution < -0.4 is 10.4 Å². The number of carbonyl (C=O) groups is 1. The van der Waals surface area contributed by atoms with E-state index in [-0.39, 0.29) is 0 Å². The first-order valence-corrected chi connectivity index (χ1v) is 6.65. The Bertz CT molecular complexity index is 623. The fourth-order valence-electron chi connectivity index (χ4n) is 1.93. The van der Waals surface area contributed by atoms with Crippen LogP contribution in [0.3, 0.4) is 0 Å². The Kier molecular flexibility index (Phi) is 4.30. The molecule has 0 fully saturated rings. The topological polar surface area (TPSA) is 52.2 Å². The van der Waals surface area contributed by atoms with Crippen LogP contribution in [0.5, 0.6) is 0 Å². The van der Waals surface area contributed by atoms with Gasteiger partial charge in [-0.15, -0.1) is 0 Å². The van der Waals surface area contributed by atoms with Crippen molar-refractivity contribution in [1.29, 1.82) is 0 Å². The molecule has 0 amide bonds. The second-order valence-corrected chi connectivity index (χ2v) is 5.18. The predicted octanol–water partition coefficient (Wildman–Crippen LogP) is 2.86. The fraction of sp³-hybridized carbons (Fsp3) is 0.188. The number of benzene rings is 2. The number of halogens is 1. The van der Waals surface area contributed by atoms with Gasteiger partial charge in [0.25, 0.3) is 0 Å². The van der Waals surface area contributed by atoms with Gasteiger partial charge >= 0.3 is 0 Å². The molecule has 1 N–H and O–H groups in total. The molecule has 0 saturated carbocycles. The Labute approximate surface area is 123 Å². The lowest BCUT2D eigenvalue weighted by Gasteiger charge is -2.22. The molecule has 0 saturated heterocycles. The second kappa shape index (κ2) is 5.97. The standard InChI is InChI=1S/C16H16ClNO2/c1-10-3-8-14(9-11(10)2)18-15(16(19)20)12-4-6-13(17)7-5-12/h3-9,15,18H,1-2H3,(H,19,20)/p-1/t15-/m1/s1. The summed E-state index contributed by atoms with van der Waals surface area (Å²) in [6, 6.07) is 11.5. The number of nitrogens with one attached hydrogen (secondary N) is 1. The number of hydrogen-bond acceptors (Lipinski definition) is 3. The van der Waals surface area contributed by atoms with Gasteiger partial charge in [-0.3, -0.25) is 0 Å². The predicted molar refractivity (Wildman–Crippen MR) is 78.7 cm³/mol. The Balaban J connectivity index is 2.27. The van der Waals surface area contributed by atoms with Crippen molar-refractivity contribution in [3.8, 4) is 0 Å². The minimum atomic E-state index is -1.18. The molecule has 0 aliphatic carbocycles. The Morgan fingerprint density at radius 2 is 1.75 bits per heavy atom. The lowest BCUT2D eigenvalue weighted by Crippen LogP contribution is -2.34. The quantitative estimate of drug-likeness (QED) is 0.941. The van der Waals surface area contributed by atoms with Gasteiger partial charge in [-0.05, 0) is 54.8 Å². The number of carboxylic acid groups (broad SMARTS) is 1. The number of rotatable bonds is 4. The largest absolute Gasteiger partial charge is 0.548 e. The van der Waals surface area contributed by atoms with Gasteiger partial charge < -0.3 is 15.2 Å². The van der Waals surface area contributed by atoms with Gasteiger partial charge in [-0.2, -0.15) is 0 Å². The molecule has 4 heteroatoms. The van der Waals surface area contributed by atoms with Crippen molar-refractivity contribution in [3.63, 3.8) is 0 Å². The highest BCUT2D eigenvalue weighted by Crippen LogP contribution is 2.22. The van der Waals surface area contributed by atoms with Crippen molar-refractivity contribution < 1.29 is 9.90 Å². The first-order chi connectivity index (χ1) is 9.47. The fourth-order valence-corrected chi connectivity index (χ4v) is 2.06. The molecular weight excluding hydrogens is 274 g/mol. The van der Waals surface area contributed by atoms with E-state index in [0.717, 1.165) is 16.8 Å². The molecule has 104 valence electrons. The summed E-state index contributed by atoms with van der Waals surface area (Å²) in [4.78, 5) is 11.3. The molecule has 2 aromatic carbocycles. The normalized spacial score (nSPS) is 11.9. The molecule has 0 heterocycles. The van der Waals surface area contributed by atoms with E-state index in [2.05, 4.69) is 5.32 Å². The van der Waals surface area contributed by atoms with E-state index in [0.29, 0.717) is 10.6 Å². The van der Waals surface area contributed by atoms with Crippen LogP contribution in [0, 0.1) is 13.8 Å². The number of hydrogen-bond donors (Lipinski definition) is 1. The Morgan fingerprint density at radius 3 is 2.30 bits per heavy atom. The van der Waals surface area contributed by atoms with Crippen LogP contribution in [0.4, 0.5) is 5.69 Å². The highest BCUT2D eigenvalue weighted by atomic mass is 35.5. The molecule has 2 rings (SSSR count). The minimum Gasteiger partial charge on any atom is -0.548 e. The van der Waals surface area contributed by atoms with Gasteiger partial charge in [0.1, 0.15) is 0 Å². The van der Waals surface area contributed by atoms with E-state index in [1.165, 1.54) is 0 Å². The average Bonchev–Trinajstić information content (AvgIpc) is 2.41. The molecule has 20 heavy (non-hydrogen) atoms. The maximum Gasteiger partial charge on any atom is 0.0912 e. The lowest BCUT2D eigenvalue weighted by atomic mass is 10.1. The Morgan fingerprint density at radius 1 is 1.10 bits per heavy atom. The Hall–Kier alpha value is -2.00. The van der Waals surface area contributed by atoms with E-state index < -0.39 is 12.0 Å². The maximum absolute atomic E-state index is 11.3. The van der Waals surface area contributed by atoms with Crippen molar-refractivity contribution in [2.75, 3.05) is 5.32 Å². The zero-order valence-corrected chi connectivity index (χ0v) is 12.1. The first kappa shape index (κ1) is 14.4. The van der Waals surface area contributed by atoms with E-state index in [1.807, 2.05) is 32.0 Å². The van der Waals surface area contributed by atoms with Gasteiger partial charge in [0.15, 0.2) is 0 Å². The van der Waals surface area contributed by atoms with Crippen LogP contribution in [-0.2, 0) is 4.79 Å². The molecule has 2 aromatic rings. The summed E-state index contributed by atoms with van der Waals surface area (Å²) in [5, 5.41) is 14.9. The number of anilines is 1. The average molecular weight is 289 g/mol. The van der Waals surface area contributed by atoms with Crippen LogP contribution in [0.25, 0.3) is 0 Å². The SMILES string of the molecule is Cc1ccc(N[C@@H](C(=O)[O-])c2ccc(Cl)cc2)cc1C. The van der Waals surface area contributed by atoms with Crippen molar-refractivity contribution >= 4 is 23.3 Å². The van der Waals surface area contributed by atoms with E-state index >= 15 is 0 Å². The van der Waals surface area contributed by atoms with E-state index in [4.69, 9.17) is 11.6 Å². The summed E-state index contributed by atoms with van der Waals surface area (Å²) < 4.78 is 0. The number of aryl methyl sites for hydroxylation is 2. The molecule has 0 bridgehead atoms. The van der Waals surface area contributed by atoms with Crippen molar-refractivity contribution in [2.45, 2.75) is 19.9 Å². The molecule has 0 aromatic heterocycles. The van der Waals surface area contributed by atoms with Crippen LogP contribution in [-0.4, -0.2) is 5.97 Å². The van der Waals surface area contributed by atoms with Crippen LogP contribution in [0.2, 0.25) is 5.02 Å². The summed E-state index contributed by atoms with van der Waals surface area (Å²) in [6.45, 7) is 3.99. The summed E-state index contributed by atoms with van der Waals surface area (Å²) >= 11 is 5.81. The molecule has 3 nitrogen and oxygen atoms in total. The zero-order chi connectivity index (χ0) is 14.7. The second-order valence-electron chi connectivity index (χ2n) is 4.75. The van der Waals surface area contributed by atoms with Gasteiger partial charge in [0.2, 0.25) is 0 Å². The van der Waals surface area contributed by atoms with Crippen LogP contribution in [0.15, 0.2) is 42.5 Å². The van der Waals surface area contributed by atoms with Crippen molar-refractivity contribution in [3.05, 3.63) is 64.2 Å². The number of aliphatic carboxylic acids is 1. The van der Waals surface area contributed by atoms with E-state index in [1.54, 1.807) is 24.3 Å². The van der Waals surface area contributed by atoms with Crippen LogP contribution in [0.1, 0.15) is 22.7 Å². The summed E-state index contributed by atoms with van der Waals surface area (Å²) in [6.07, 6.45) is 0. The number of carbonyl (C=O) groups excluding carboxylic acids is 1. The highest BCUT2D eigenvalue weighted by molar-refractivity contribution is 6.30. The van der Waals surface area contributed by atoms with Crippen molar-refractivity contribution in [1.82, 2.24) is 0 Å². The van der Waals surface area contributed by atoms with Gasteiger partial charge in [-0.25, -0.2) is 0 Å². The van der Waals surface area contributed by atoms with Gasteiger partial charge in [0.05, 0.1) is 12.0 Å². The van der Waals surface area contributed by atoms with Gasteiger partial charge in [-0.1, -0.05) is 29.8 Å². The molecule has 0 spiro atoms. The third kappa shape index (κ3) is 3.31. The monoisotopic (exact) mass is 288 g/mol. The third-order valence-electron chi connectivity index (χ3n) is 3.26. The molecular formula is C16H15ClNO2-. The summed E-state index contributed by atoms with van der Waals surface area (Å²) in [5.74, 6) is -1.18. The highest BCUT2D eigenvalue weighted by Gasteiger charge is 2.12. The first-order valence-electron chi connectivity index (χ1n) is 6.27. The molecule has 0 unspecified atom stereocenters. The minimum absolute atomic E-state index is 0.567. The molecule has 0 aliphatic rings. The molecule has 0 radical (unpaired) electrons.